The number of hydrogen-bond donors (Lipinski definition) is 0. The van der Waals surface area contributed by atoms with Gasteiger partial charge in [0.1, 0.15) is 22.7 Å². The van der Waals surface area contributed by atoms with Crippen LogP contribution in [0.4, 0.5) is 0 Å². The largest absolute Gasteiger partial charge is 0.299 e. The third kappa shape index (κ3) is 3.59. The van der Waals surface area contributed by atoms with Gasteiger partial charge in [-0.15, -0.1) is 21.5 Å². The molecule has 0 bridgehead atoms. The van der Waals surface area contributed by atoms with Gasteiger partial charge in [0.05, 0.1) is 5.71 Å². The zero-order chi connectivity index (χ0) is 20.9. The molecule has 0 amide bonds. The summed E-state index contributed by atoms with van der Waals surface area (Å²) in [6.45, 7) is 10.1. The number of nitrogens with zero attached hydrogens (tertiary/aromatic N) is 4. The van der Waals surface area contributed by atoms with Crippen LogP contribution in [0.1, 0.15) is 59.5 Å². The van der Waals surface area contributed by atoms with Crippen LogP contribution in [0.2, 0.25) is 0 Å². The Morgan fingerprint density at radius 1 is 1.17 bits per heavy atom. The average Bonchev–Trinajstić information content (AvgIpc) is 3.15. The third-order valence-electron chi connectivity index (χ3n) is 5.40. The molecular weight excluding hydrogens is 495 g/mol. The SMILES string of the molecule is Cc1sc2c(c1C)C(c1ccc(I)cc1)=NC(CC(=O)C(C)C)c1nnc(C)n1-2. The van der Waals surface area contributed by atoms with E-state index in [0.29, 0.717) is 6.42 Å². The Labute approximate surface area is 188 Å². The summed E-state index contributed by atoms with van der Waals surface area (Å²) < 4.78 is 3.28. The molecule has 1 aliphatic rings. The minimum Gasteiger partial charge on any atom is -0.299 e. The second kappa shape index (κ2) is 7.75. The molecule has 2 aromatic heterocycles. The van der Waals surface area contributed by atoms with Crippen molar-refractivity contribution in [3.05, 3.63) is 61.1 Å². The van der Waals surface area contributed by atoms with E-state index in [1.54, 1.807) is 11.3 Å². The summed E-state index contributed by atoms with van der Waals surface area (Å²) >= 11 is 4.05. The minimum atomic E-state index is -0.348. The van der Waals surface area contributed by atoms with Crippen molar-refractivity contribution in [1.29, 1.82) is 0 Å². The lowest BCUT2D eigenvalue weighted by molar-refractivity contribution is -0.122. The predicted molar refractivity (Wildman–Crippen MR) is 125 cm³/mol. The number of aryl methyl sites for hydroxylation is 2. The lowest BCUT2D eigenvalue weighted by atomic mass is 9.98. The maximum atomic E-state index is 12.6. The molecule has 1 aliphatic heterocycles. The van der Waals surface area contributed by atoms with E-state index in [9.17, 15) is 4.79 Å². The summed E-state index contributed by atoms with van der Waals surface area (Å²) in [6, 6.07) is 8.06. The van der Waals surface area contributed by atoms with E-state index in [4.69, 9.17) is 4.99 Å². The lowest BCUT2D eigenvalue weighted by Crippen LogP contribution is -2.14. The Morgan fingerprint density at radius 3 is 2.52 bits per heavy atom. The summed E-state index contributed by atoms with van der Waals surface area (Å²) in [4.78, 5) is 19.0. The minimum absolute atomic E-state index is 0.0364. The van der Waals surface area contributed by atoms with Crippen molar-refractivity contribution in [2.75, 3.05) is 0 Å². The first kappa shape index (κ1) is 20.4. The molecule has 150 valence electrons. The van der Waals surface area contributed by atoms with Gasteiger partial charge in [0.2, 0.25) is 0 Å². The fraction of sp³-hybridized carbons (Fsp3) is 0.364. The zero-order valence-electron chi connectivity index (χ0n) is 17.2. The highest BCUT2D eigenvalue weighted by Gasteiger charge is 2.32. The predicted octanol–water partition coefficient (Wildman–Crippen LogP) is 5.37. The van der Waals surface area contributed by atoms with Crippen LogP contribution in [-0.4, -0.2) is 26.3 Å². The smallest absolute Gasteiger partial charge is 0.163 e. The van der Waals surface area contributed by atoms with Crippen molar-refractivity contribution in [2.24, 2.45) is 10.9 Å². The molecule has 5 nitrogen and oxygen atoms in total. The van der Waals surface area contributed by atoms with Crippen molar-refractivity contribution in [3.8, 4) is 5.00 Å². The summed E-state index contributed by atoms with van der Waals surface area (Å²) in [6.07, 6.45) is 0.330. The molecule has 3 heterocycles. The molecule has 0 N–H and O–H groups in total. The topological polar surface area (TPSA) is 60.1 Å². The quantitative estimate of drug-likeness (QED) is 0.437. The van der Waals surface area contributed by atoms with Gasteiger partial charge in [0.25, 0.3) is 0 Å². The average molecular weight is 518 g/mol. The molecule has 0 spiro atoms. The van der Waals surface area contributed by atoms with Gasteiger partial charge in [0.15, 0.2) is 5.82 Å². The molecule has 0 saturated heterocycles. The number of ketones is 1. The molecule has 7 heteroatoms. The monoisotopic (exact) mass is 518 g/mol. The van der Waals surface area contributed by atoms with E-state index in [1.165, 1.54) is 14.0 Å². The van der Waals surface area contributed by atoms with Crippen molar-refractivity contribution in [1.82, 2.24) is 14.8 Å². The van der Waals surface area contributed by atoms with Crippen LogP contribution in [0.25, 0.3) is 5.00 Å². The normalized spacial score (nSPS) is 15.7. The van der Waals surface area contributed by atoms with Gasteiger partial charge in [-0.2, -0.15) is 0 Å². The fourth-order valence-corrected chi connectivity index (χ4v) is 5.13. The molecule has 3 aromatic rings. The molecule has 0 aliphatic carbocycles. The van der Waals surface area contributed by atoms with E-state index < -0.39 is 0 Å². The van der Waals surface area contributed by atoms with E-state index >= 15 is 0 Å². The first-order chi connectivity index (χ1) is 13.8. The number of carbonyl (C=O) groups is 1. The van der Waals surface area contributed by atoms with Crippen molar-refractivity contribution in [3.63, 3.8) is 0 Å². The number of aromatic nitrogens is 3. The van der Waals surface area contributed by atoms with Crippen LogP contribution in [0.15, 0.2) is 29.3 Å². The first-order valence-electron chi connectivity index (χ1n) is 9.67. The number of aliphatic imine (C=N–C) groups is 1. The van der Waals surface area contributed by atoms with Gasteiger partial charge in [-0.3, -0.25) is 14.4 Å². The lowest BCUT2D eigenvalue weighted by Gasteiger charge is -2.13. The highest BCUT2D eigenvalue weighted by Crippen LogP contribution is 2.39. The van der Waals surface area contributed by atoms with E-state index in [2.05, 4.69) is 75.5 Å². The number of thiophene rings is 1. The first-order valence-corrected chi connectivity index (χ1v) is 11.6. The van der Waals surface area contributed by atoms with E-state index in [1.807, 2.05) is 20.8 Å². The molecule has 0 fully saturated rings. The maximum absolute atomic E-state index is 12.6. The van der Waals surface area contributed by atoms with Crippen molar-refractivity contribution >= 4 is 45.4 Å². The molecule has 0 radical (unpaired) electrons. The third-order valence-corrected chi connectivity index (χ3v) is 7.31. The van der Waals surface area contributed by atoms with Gasteiger partial charge in [-0.25, -0.2) is 0 Å². The van der Waals surface area contributed by atoms with Crippen molar-refractivity contribution in [2.45, 2.75) is 47.1 Å². The Bertz CT molecular complexity index is 1120. The fourth-order valence-electron chi connectivity index (χ4n) is 3.56. The number of fused-ring (bicyclic) bond motifs is 3. The van der Waals surface area contributed by atoms with Crippen LogP contribution >= 0.6 is 33.9 Å². The van der Waals surface area contributed by atoms with Crippen LogP contribution in [0.3, 0.4) is 0 Å². The van der Waals surface area contributed by atoms with Crippen LogP contribution in [0.5, 0.6) is 0 Å². The van der Waals surface area contributed by atoms with Crippen LogP contribution < -0.4 is 0 Å². The summed E-state index contributed by atoms with van der Waals surface area (Å²) in [5.41, 5.74) is 4.34. The summed E-state index contributed by atoms with van der Waals surface area (Å²) in [5.74, 6) is 1.72. The Balaban J connectivity index is 1.99. The van der Waals surface area contributed by atoms with E-state index in [0.717, 1.165) is 33.5 Å². The zero-order valence-corrected chi connectivity index (χ0v) is 20.1. The van der Waals surface area contributed by atoms with Gasteiger partial charge in [0, 0.05) is 31.9 Å². The molecule has 1 aromatic carbocycles. The Kier molecular flexibility index (Phi) is 5.46. The number of benzene rings is 1. The number of rotatable bonds is 4. The van der Waals surface area contributed by atoms with Crippen LogP contribution in [-0.2, 0) is 4.79 Å². The Hall–Kier alpha value is -1.87. The highest BCUT2D eigenvalue weighted by molar-refractivity contribution is 14.1. The number of Topliss-reactive ketones (excluding diaryl/α,β-unsaturated/α-hetero) is 1. The second-order valence-electron chi connectivity index (χ2n) is 7.73. The molecule has 1 atom stereocenters. The highest BCUT2D eigenvalue weighted by atomic mass is 127. The van der Waals surface area contributed by atoms with E-state index in [-0.39, 0.29) is 17.7 Å². The number of hydrogen-bond acceptors (Lipinski definition) is 5. The number of carbonyl (C=O) groups excluding carboxylic acids is 1. The molecular formula is C22H23IN4OS. The molecule has 1 unspecified atom stereocenters. The van der Waals surface area contributed by atoms with Gasteiger partial charge in [-0.1, -0.05) is 26.0 Å². The van der Waals surface area contributed by atoms with Crippen LogP contribution in [0, 0.1) is 30.3 Å². The maximum Gasteiger partial charge on any atom is 0.163 e. The summed E-state index contributed by atoms with van der Waals surface area (Å²) in [7, 11) is 0. The molecule has 0 saturated carbocycles. The van der Waals surface area contributed by atoms with Gasteiger partial charge >= 0.3 is 0 Å². The molecule has 29 heavy (non-hydrogen) atoms. The molecule has 4 rings (SSSR count). The number of halogens is 1. The van der Waals surface area contributed by atoms with Gasteiger partial charge in [-0.05, 0) is 61.1 Å². The standard InChI is InChI=1S/C22H23IN4OS/c1-11(2)18(28)10-17-21-26-25-14(5)27(21)22-19(12(3)13(4)29-22)20(24-17)15-6-8-16(23)9-7-15/h6-9,11,17H,10H2,1-5H3. The van der Waals surface area contributed by atoms with Crippen molar-refractivity contribution < 1.29 is 4.79 Å². The van der Waals surface area contributed by atoms with Gasteiger partial charge < -0.3 is 0 Å². The Morgan fingerprint density at radius 2 is 1.86 bits per heavy atom. The second-order valence-corrected chi connectivity index (χ2v) is 10.2. The summed E-state index contributed by atoms with van der Waals surface area (Å²) in [5, 5.41) is 9.87.